The summed E-state index contributed by atoms with van der Waals surface area (Å²) in [5.41, 5.74) is 17.3. The Hall–Kier alpha value is -6.97. The van der Waals surface area contributed by atoms with Crippen LogP contribution in [0.1, 0.15) is 40.5 Å². The maximum Gasteiger partial charge on any atom is 0.145 e. The monoisotopic (exact) mass is 713 g/mol. The van der Waals surface area contributed by atoms with Crippen molar-refractivity contribution in [2.24, 2.45) is 0 Å². The first-order valence-corrected chi connectivity index (χ1v) is 19.1. The van der Waals surface area contributed by atoms with Crippen LogP contribution in [0.3, 0.4) is 0 Å². The molecule has 0 saturated carbocycles. The lowest BCUT2D eigenvalue weighted by molar-refractivity contribution is 0.727. The van der Waals surface area contributed by atoms with Crippen LogP contribution in [0, 0.1) is 13.8 Å². The Balaban J connectivity index is 0.00000121. The first kappa shape index (κ1) is 31.5. The molecule has 0 radical (unpaired) electrons. The minimum absolute atomic E-state index is 0. The molecule has 11 rings (SSSR count). The molecule has 1 aliphatic rings. The van der Waals surface area contributed by atoms with Crippen molar-refractivity contribution in [1.82, 2.24) is 14.1 Å². The van der Waals surface area contributed by atoms with E-state index in [-0.39, 0.29) is 7.13 Å². The highest BCUT2D eigenvalue weighted by atomic mass is 15.1. The summed E-state index contributed by atoms with van der Waals surface area (Å²) in [6, 6.07) is 69.2. The van der Waals surface area contributed by atoms with Crippen LogP contribution in [0.15, 0.2) is 188 Å². The van der Waals surface area contributed by atoms with E-state index in [1.165, 1.54) is 66.4 Å². The highest BCUT2D eigenvalue weighted by Gasteiger charge is 2.45. The molecule has 0 bridgehead atoms. The minimum Gasteiger partial charge on any atom is -0.309 e. The fraction of sp³-hybridized carbons (Fsp3) is 0.0577. The van der Waals surface area contributed by atoms with Gasteiger partial charge in [-0.1, -0.05) is 157 Å². The molecule has 3 heterocycles. The van der Waals surface area contributed by atoms with E-state index in [4.69, 9.17) is 4.98 Å². The summed E-state index contributed by atoms with van der Waals surface area (Å²) in [6.07, 6.45) is 0. The fourth-order valence-corrected chi connectivity index (χ4v) is 9.19. The van der Waals surface area contributed by atoms with E-state index < -0.39 is 5.41 Å². The van der Waals surface area contributed by atoms with Crippen molar-refractivity contribution in [2.75, 3.05) is 0 Å². The lowest BCUT2D eigenvalue weighted by Gasteiger charge is -2.42. The van der Waals surface area contributed by atoms with Gasteiger partial charge in [0.15, 0.2) is 0 Å². The predicted molar refractivity (Wildman–Crippen MR) is 238 cm³/mol. The minimum atomic E-state index is -0.558. The van der Waals surface area contributed by atoms with Gasteiger partial charge in [0.05, 0.1) is 33.2 Å². The van der Waals surface area contributed by atoms with Crippen LogP contribution in [-0.2, 0) is 5.41 Å². The average Bonchev–Trinajstić information content (AvgIpc) is 3.80. The van der Waals surface area contributed by atoms with Gasteiger partial charge in [0, 0.05) is 29.2 Å². The Morgan fingerprint density at radius 2 is 1.05 bits per heavy atom. The second-order valence-corrected chi connectivity index (χ2v) is 14.9. The molecule has 0 aliphatic carbocycles. The molecule has 0 atom stereocenters. The third-order valence-corrected chi connectivity index (χ3v) is 11.8. The van der Waals surface area contributed by atoms with Gasteiger partial charge in [-0.3, -0.25) is 4.57 Å². The summed E-state index contributed by atoms with van der Waals surface area (Å²) in [4.78, 5) is 5.14. The summed E-state index contributed by atoms with van der Waals surface area (Å²) in [5.74, 6) is 0.933. The summed E-state index contributed by atoms with van der Waals surface area (Å²) in [6.45, 7) is 4.35. The van der Waals surface area contributed by atoms with Crippen LogP contribution in [0.5, 0.6) is 0 Å². The first-order valence-electron chi connectivity index (χ1n) is 19.1. The molecule has 0 amide bonds. The number of aromatic nitrogens is 3. The maximum atomic E-state index is 5.14. The van der Waals surface area contributed by atoms with Gasteiger partial charge < -0.3 is 4.57 Å². The average molecular weight is 714 g/mol. The number of benzene rings is 8. The largest absolute Gasteiger partial charge is 0.309 e. The number of hydrogen-bond acceptors (Lipinski definition) is 1. The standard InChI is InChI=1S/C52H37N3.5H2/c1-34-19-28-39(29-20-34)52(40-30-21-35(2)22-31-40)44-15-10-14-43-42-13-6-8-17-47(42)55(50(43)44)48-32-27-38(33-45(48)52)36-23-25-37(26-24-36)51-53-46-16-7-9-18-49(46)54(51)41-11-4-3-5-12-41;;;;;/h3-33H,1-2H3;5*1H. The number of hydrogen-bond donors (Lipinski definition) is 0. The van der Waals surface area contributed by atoms with Crippen molar-refractivity contribution in [3.63, 3.8) is 0 Å². The molecular weight excluding hydrogens is 667 g/mol. The molecule has 0 unspecified atom stereocenters. The van der Waals surface area contributed by atoms with E-state index in [1.54, 1.807) is 0 Å². The third-order valence-electron chi connectivity index (χ3n) is 11.8. The lowest BCUT2D eigenvalue weighted by atomic mass is 9.62. The predicted octanol–water partition coefficient (Wildman–Crippen LogP) is 14.0. The molecule has 0 saturated heterocycles. The van der Waals surface area contributed by atoms with Crippen molar-refractivity contribution in [1.29, 1.82) is 0 Å². The van der Waals surface area contributed by atoms with E-state index in [0.717, 1.165) is 33.7 Å². The molecule has 2 aromatic heterocycles. The summed E-state index contributed by atoms with van der Waals surface area (Å²) in [5, 5.41) is 2.55. The number of nitrogens with zero attached hydrogens (tertiary/aromatic N) is 3. The van der Waals surface area contributed by atoms with Crippen LogP contribution < -0.4 is 0 Å². The number of aryl methyl sites for hydroxylation is 2. The topological polar surface area (TPSA) is 22.8 Å². The zero-order chi connectivity index (χ0) is 36.7. The zero-order valence-electron chi connectivity index (χ0n) is 30.7. The number of fused-ring (bicyclic) bond motifs is 6. The summed E-state index contributed by atoms with van der Waals surface area (Å²) < 4.78 is 4.78. The Morgan fingerprint density at radius 3 is 1.78 bits per heavy atom. The molecule has 1 aliphatic heterocycles. The Labute approximate surface area is 327 Å². The first-order chi connectivity index (χ1) is 27.1. The van der Waals surface area contributed by atoms with Gasteiger partial charge in [0.1, 0.15) is 5.82 Å². The Kier molecular flexibility index (Phi) is 6.90. The van der Waals surface area contributed by atoms with Crippen molar-refractivity contribution in [2.45, 2.75) is 19.3 Å². The van der Waals surface area contributed by atoms with Crippen molar-refractivity contribution < 1.29 is 7.13 Å². The molecule has 10 aromatic rings. The third kappa shape index (κ3) is 4.60. The molecule has 55 heavy (non-hydrogen) atoms. The second-order valence-electron chi connectivity index (χ2n) is 14.9. The highest BCUT2D eigenvalue weighted by molar-refractivity contribution is 6.12. The van der Waals surface area contributed by atoms with Crippen LogP contribution in [0.4, 0.5) is 0 Å². The highest BCUT2D eigenvalue weighted by Crippen LogP contribution is 2.55. The van der Waals surface area contributed by atoms with E-state index in [2.05, 4.69) is 211 Å². The van der Waals surface area contributed by atoms with Crippen LogP contribution in [-0.4, -0.2) is 14.1 Å². The van der Waals surface area contributed by atoms with E-state index in [1.807, 2.05) is 0 Å². The summed E-state index contributed by atoms with van der Waals surface area (Å²) in [7, 11) is 0. The van der Waals surface area contributed by atoms with Crippen molar-refractivity contribution in [3.8, 4) is 33.9 Å². The Bertz CT molecular complexity index is 3050. The van der Waals surface area contributed by atoms with Gasteiger partial charge >= 0.3 is 0 Å². The van der Waals surface area contributed by atoms with Crippen LogP contribution >= 0.6 is 0 Å². The second kappa shape index (κ2) is 12.0. The van der Waals surface area contributed by atoms with Crippen molar-refractivity contribution in [3.05, 3.63) is 221 Å². The van der Waals surface area contributed by atoms with Gasteiger partial charge in [-0.25, -0.2) is 4.98 Å². The van der Waals surface area contributed by atoms with Gasteiger partial charge in [-0.15, -0.1) is 0 Å². The fourth-order valence-electron chi connectivity index (χ4n) is 9.19. The quantitative estimate of drug-likeness (QED) is 0.174. The van der Waals surface area contributed by atoms with Crippen LogP contribution in [0.25, 0.3) is 66.7 Å². The molecule has 3 nitrogen and oxygen atoms in total. The molecule has 0 fully saturated rings. The number of rotatable bonds is 5. The number of imidazole rings is 1. The molecule has 270 valence electrons. The summed E-state index contributed by atoms with van der Waals surface area (Å²) >= 11 is 0. The number of para-hydroxylation sites is 5. The molecule has 3 heteroatoms. The van der Waals surface area contributed by atoms with Gasteiger partial charge in [0.25, 0.3) is 0 Å². The SMILES string of the molecule is Cc1ccc(C2(c3ccc(C)cc3)c3cc(-c4ccc(-c5nc6ccccc6n5-c5ccccc5)cc4)ccc3-n3c4ccccc4c4cccc2c43)cc1.[HH].[HH].[HH].[HH].[HH]. The normalized spacial score (nSPS) is 13.1. The lowest BCUT2D eigenvalue weighted by Crippen LogP contribution is -2.35. The molecule has 8 aromatic carbocycles. The van der Waals surface area contributed by atoms with E-state index in [9.17, 15) is 0 Å². The van der Waals surface area contributed by atoms with Gasteiger partial charge in [0.2, 0.25) is 0 Å². The molecular formula is C52H47N3. The van der Waals surface area contributed by atoms with E-state index >= 15 is 0 Å². The zero-order valence-corrected chi connectivity index (χ0v) is 30.7. The van der Waals surface area contributed by atoms with Gasteiger partial charge in [-0.05, 0) is 89.7 Å². The van der Waals surface area contributed by atoms with Gasteiger partial charge in [-0.2, -0.15) is 0 Å². The molecule has 0 N–H and O–H groups in total. The van der Waals surface area contributed by atoms with E-state index in [0.29, 0.717) is 0 Å². The van der Waals surface area contributed by atoms with Crippen molar-refractivity contribution >= 4 is 32.8 Å². The maximum absolute atomic E-state index is 5.14. The molecule has 0 spiro atoms. The smallest absolute Gasteiger partial charge is 0.145 e. The van der Waals surface area contributed by atoms with Crippen LogP contribution in [0.2, 0.25) is 0 Å². The Morgan fingerprint density at radius 1 is 0.455 bits per heavy atom.